The smallest absolute Gasteiger partial charge is 0.262 e. The molecule has 0 spiro atoms. The van der Waals surface area contributed by atoms with Gasteiger partial charge in [-0.15, -0.1) is 0 Å². The highest BCUT2D eigenvalue weighted by molar-refractivity contribution is 6.04. The third-order valence-corrected chi connectivity index (χ3v) is 7.18. The van der Waals surface area contributed by atoms with Gasteiger partial charge in [0, 0.05) is 56.8 Å². The maximum atomic E-state index is 12.6. The number of rotatable bonds is 7. The summed E-state index contributed by atoms with van der Waals surface area (Å²) in [6.07, 6.45) is -0.0871. The fourth-order valence-electron chi connectivity index (χ4n) is 4.71. The number of anilines is 1. The molecular formula is C29H35N5O2. The number of hydrogen-bond donors (Lipinski definition) is 2. The predicted octanol–water partition coefficient (Wildman–Crippen LogP) is 3.78. The number of nitrogens with one attached hydrogen (secondary N) is 1. The summed E-state index contributed by atoms with van der Waals surface area (Å²) in [6, 6.07) is 19.1. The van der Waals surface area contributed by atoms with Crippen LogP contribution in [-0.2, 0) is 11.8 Å². The van der Waals surface area contributed by atoms with Crippen LogP contribution in [0.3, 0.4) is 0 Å². The van der Waals surface area contributed by atoms with E-state index >= 15 is 0 Å². The number of piperazine rings is 1. The first kappa shape index (κ1) is 25.5. The molecule has 3 aromatic rings. The molecule has 2 aromatic carbocycles. The molecule has 4 rings (SSSR count). The van der Waals surface area contributed by atoms with Gasteiger partial charge in [-0.05, 0) is 72.6 Å². The second-order valence-corrected chi connectivity index (χ2v) is 9.58. The number of nitriles is 1. The molecule has 2 heterocycles. The van der Waals surface area contributed by atoms with Crippen LogP contribution >= 0.6 is 0 Å². The molecule has 1 amide bonds. The molecule has 0 aliphatic carbocycles. The molecule has 0 radical (unpaired) electrons. The van der Waals surface area contributed by atoms with E-state index in [1.54, 1.807) is 6.92 Å². The average molecular weight is 486 g/mol. The Kier molecular flexibility index (Phi) is 7.78. The van der Waals surface area contributed by atoms with Gasteiger partial charge in [0.25, 0.3) is 5.91 Å². The van der Waals surface area contributed by atoms with E-state index in [9.17, 15) is 15.2 Å². The van der Waals surface area contributed by atoms with Gasteiger partial charge in [-0.25, -0.2) is 0 Å². The Morgan fingerprint density at radius 2 is 1.75 bits per heavy atom. The number of aromatic nitrogens is 1. The van der Waals surface area contributed by atoms with Crippen LogP contribution in [0.5, 0.6) is 0 Å². The highest BCUT2D eigenvalue weighted by Crippen LogP contribution is 2.31. The second kappa shape index (κ2) is 11.0. The summed E-state index contributed by atoms with van der Waals surface area (Å²) in [5, 5.41) is 24.4. The molecule has 188 valence electrons. The van der Waals surface area contributed by atoms with Gasteiger partial charge in [0.1, 0.15) is 11.6 Å². The van der Waals surface area contributed by atoms with Crippen LogP contribution in [0.1, 0.15) is 26.0 Å². The molecule has 7 nitrogen and oxygen atoms in total. The predicted molar refractivity (Wildman–Crippen MR) is 146 cm³/mol. The van der Waals surface area contributed by atoms with Crippen molar-refractivity contribution in [2.75, 3.05) is 44.7 Å². The Balaban J connectivity index is 1.59. The van der Waals surface area contributed by atoms with E-state index in [-0.39, 0.29) is 12.1 Å². The van der Waals surface area contributed by atoms with Crippen LogP contribution in [0.25, 0.3) is 27.6 Å². The van der Waals surface area contributed by atoms with Gasteiger partial charge in [-0.1, -0.05) is 25.1 Å². The number of aliphatic hydroxyl groups is 1. The van der Waals surface area contributed by atoms with Gasteiger partial charge in [-0.3, -0.25) is 4.79 Å². The first-order valence-corrected chi connectivity index (χ1v) is 12.5. The lowest BCUT2D eigenvalue weighted by atomic mass is 10.0. The lowest BCUT2D eigenvalue weighted by molar-refractivity contribution is -0.117. The number of benzene rings is 2. The largest absolute Gasteiger partial charge is 0.391 e. The van der Waals surface area contributed by atoms with Gasteiger partial charge in [0.2, 0.25) is 0 Å². The fourth-order valence-corrected chi connectivity index (χ4v) is 4.71. The van der Waals surface area contributed by atoms with Gasteiger partial charge in [0.15, 0.2) is 0 Å². The Hall–Kier alpha value is -3.60. The van der Waals surface area contributed by atoms with Crippen molar-refractivity contribution in [3.63, 3.8) is 0 Å². The van der Waals surface area contributed by atoms with Gasteiger partial charge in [-0.2, -0.15) is 5.26 Å². The summed E-state index contributed by atoms with van der Waals surface area (Å²) in [6.45, 7) is 8.00. The maximum absolute atomic E-state index is 12.6. The van der Waals surface area contributed by atoms with Crippen LogP contribution < -0.4 is 10.2 Å². The highest BCUT2D eigenvalue weighted by Gasteiger charge is 2.18. The minimum atomic E-state index is -0.624. The van der Waals surface area contributed by atoms with Crippen LogP contribution in [0, 0.1) is 11.3 Å². The summed E-state index contributed by atoms with van der Waals surface area (Å²) in [7, 11) is 4.11. The molecule has 1 saturated heterocycles. The zero-order valence-corrected chi connectivity index (χ0v) is 21.6. The number of fused-ring (bicyclic) bond motifs is 1. The molecule has 1 aromatic heterocycles. The lowest BCUT2D eigenvalue weighted by Gasteiger charge is -2.34. The van der Waals surface area contributed by atoms with E-state index in [0.717, 1.165) is 43.1 Å². The molecule has 1 atom stereocenters. The van der Waals surface area contributed by atoms with E-state index < -0.39 is 12.0 Å². The van der Waals surface area contributed by atoms with E-state index in [1.165, 1.54) is 16.5 Å². The number of carbonyl (C=O) groups excluding carboxylic acids is 1. The van der Waals surface area contributed by atoms with Crippen molar-refractivity contribution in [1.82, 2.24) is 14.8 Å². The van der Waals surface area contributed by atoms with Crippen LogP contribution in [0.4, 0.5) is 5.69 Å². The van der Waals surface area contributed by atoms with Gasteiger partial charge < -0.3 is 24.8 Å². The molecule has 7 heteroatoms. The monoisotopic (exact) mass is 485 g/mol. The minimum Gasteiger partial charge on any atom is -0.391 e. The van der Waals surface area contributed by atoms with Crippen molar-refractivity contribution in [3.05, 3.63) is 59.8 Å². The van der Waals surface area contributed by atoms with Crippen molar-refractivity contribution < 1.29 is 9.90 Å². The molecule has 1 aliphatic heterocycles. The van der Waals surface area contributed by atoms with Crippen molar-refractivity contribution in [3.8, 4) is 17.3 Å². The summed E-state index contributed by atoms with van der Waals surface area (Å²) >= 11 is 0. The van der Waals surface area contributed by atoms with Gasteiger partial charge in [0.05, 0.1) is 6.10 Å². The molecule has 0 saturated carbocycles. The molecule has 0 bridgehead atoms. The first-order valence-electron chi connectivity index (χ1n) is 12.5. The number of carbonyl (C=O) groups is 1. The third-order valence-electron chi connectivity index (χ3n) is 7.18. The molecule has 1 unspecified atom stereocenters. The summed E-state index contributed by atoms with van der Waals surface area (Å²) in [5.41, 5.74) is 4.81. The Morgan fingerprint density at radius 3 is 2.44 bits per heavy atom. The summed E-state index contributed by atoms with van der Waals surface area (Å²) in [4.78, 5) is 17.4. The number of aliphatic hydroxyl groups excluding tert-OH is 1. The normalized spacial score (nSPS) is 15.9. The third kappa shape index (κ3) is 5.30. The molecule has 1 fully saturated rings. The summed E-state index contributed by atoms with van der Waals surface area (Å²) < 4.78 is 2.01. The molecule has 1 aliphatic rings. The topological polar surface area (TPSA) is 84.5 Å². The van der Waals surface area contributed by atoms with Gasteiger partial charge >= 0.3 is 0 Å². The average Bonchev–Trinajstić information content (AvgIpc) is 3.28. The number of amides is 1. The molecular weight excluding hydrogens is 450 g/mol. The van der Waals surface area contributed by atoms with Crippen LogP contribution in [-0.4, -0.2) is 66.4 Å². The molecule has 36 heavy (non-hydrogen) atoms. The van der Waals surface area contributed by atoms with Crippen molar-refractivity contribution in [1.29, 1.82) is 5.26 Å². The van der Waals surface area contributed by atoms with Crippen molar-refractivity contribution >= 4 is 27.9 Å². The van der Waals surface area contributed by atoms with E-state index in [0.29, 0.717) is 12.0 Å². The SMILES string of the molecule is CCC(O)CNC(=O)/C(C#N)=C(\C)c1ccc(-c2ccc3cc(N4CCN(C)CC4)ccc3c2)n1C. The minimum absolute atomic E-state index is 0.0565. The van der Waals surface area contributed by atoms with E-state index in [2.05, 4.69) is 58.6 Å². The fraction of sp³-hybridized carbons (Fsp3) is 0.379. The molecule has 2 N–H and O–H groups in total. The van der Waals surface area contributed by atoms with Crippen LogP contribution in [0.2, 0.25) is 0 Å². The number of hydrogen-bond acceptors (Lipinski definition) is 5. The Morgan fingerprint density at radius 1 is 1.06 bits per heavy atom. The first-order chi connectivity index (χ1) is 17.3. The zero-order valence-electron chi connectivity index (χ0n) is 21.6. The van der Waals surface area contributed by atoms with Crippen LogP contribution in [0.15, 0.2) is 54.1 Å². The van der Waals surface area contributed by atoms with Crippen molar-refractivity contribution in [2.45, 2.75) is 26.4 Å². The van der Waals surface area contributed by atoms with E-state index in [4.69, 9.17) is 0 Å². The number of likely N-dealkylation sites (N-methyl/N-ethyl adjacent to an activating group) is 1. The zero-order chi connectivity index (χ0) is 25.8. The van der Waals surface area contributed by atoms with E-state index in [1.807, 2.05) is 36.7 Å². The number of nitrogens with zero attached hydrogens (tertiary/aromatic N) is 4. The Labute approximate surface area is 213 Å². The standard InChI is InChI=1S/C29H35N5O2/c1-5-25(35)19-31-29(36)26(18-30)20(2)27-10-11-28(33(27)4)23-7-6-22-17-24(9-8-21(22)16-23)34-14-12-32(3)13-15-34/h6-11,16-17,25,35H,5,12-15,19H2,1-4H3,(H,31,36)/b26-20+. The Bertz CT molecular complexity index is 1330. The lowest BCUT2D eigenvalue weighted by Crippen LogP contribution is -2.44. The quantitative estimate of drug-likeness (QED) is 0.393. The van der Waals surface area contributed by atoms with Crippen molar-refractivity contribution in [2.24, 2.45) is 7.05 Å². The number of allylic oxidation sites excluding steroid dienone is 1. The maximum Gasteiger partial charge on any atom is 0.262 e. The highest BCUT2D eigenvalue weighted by atomic mass is 16.3. The second-order valence-electron chi connectivity index (χ2n) is 9.58. The summed E-state index contributed by atoms with van der Waals surface area (Å²) in [5.74, 6) is -0.466.